The van der Waals surface area contributed by atoms with Gasteiger partial charge in [-0.25, -0.2) is 4.98 Å². The average molecular weight is 188 g/mol. The first-order chi connectivity index (χ1) is 5.36. The van der Waals surface area contributed by atoms with E-state index in [4.69, 9.17) is 11.6 Å². The molecule has 1 nitrogen and oxygen atoms in total. The fraction of sp³-hybridized carbons (Fsp3) is 0.375. The number of halogens is 1. The summed E-state index contributed by atoms with van der Waals surface area (Å²) in [6.45, 7) is 2.10. The number of thiazole rings is 1. The van der Waals surface area contributed by atoms with E-state index in [0.717, 1.165) is 12.1 Å². The lowest BCUT2D eigenvalue weighted by Crippen LogP contribution is -1.81. The Morgan fingerprint density at radius 3 is 3.09 bits per heavy atom. The Morgan fingerprint density at radius 1 is 1.82 bits per heavy atom. The SMILES string of the molecule is CCC(=Cc1cscn1)CCl. The van der Waals surface area contributed by atoms with E-state index in [9.17, 15) is 0 Å². The quantitative estimate of drug-likeness (QED) is 0.663. The van der Waals surface area contributed by atoms with Crippen molar-refractivity contribution in [3.8, 4) is 0 Å². The summed E-state index contributed by atoms with van der Waals surface area (Å²) in [5.41, 5.74) is 4.08. The van der Waals surface area contributed by atoms with Gasteiger partial charge < -0.3 is 0 Å². The van der Waals surface area contributed by atoms with Crippen molar-refractivity contribution in [1.82, 2.24) is 4.98 Å². The van der Waals surface area contributed by atoms with Crippen LogP contribution in [-0.2, 0) is 0 Å². The van der Waals surface area contributed by atoms with Crippen LogP contribution in [0.15, 0.2) is 16.5 Å². The lowest BCUT2D eigenvalue weighted by molar-refractivity contribution is 1.11. The summed E-state index contributed by atoms with van der Waals surface area (Å²) in [5.74, 6) is 0.605. The number of alkyl halides is 1. The van der Waals surface area contributed by atoms with Crippen molar-refractivity contribution in [3.05, 3.63) is 22.2 Å². The molecule has 0 saturated heterocycles. The Labute approximate surface area is 75.7 Å². The van der Waals surface area contributed by atoms with Gasteiger partial charge in [-0.2, -0.15) is 0 Å². The van der Waals surface area contributed by atoms with E-state index in [1.807, 2.05) is 17.0 Å². The molecular weight excluding hydrogens is 178 g/mol. The topological polar surface area (TPSA) is 12.9 Å². The second-order valence-corrected chi connectivity index (χ2v) is 3.19. The Hall–Kier alpha value is -0.340. The highest BCUT2D eigenvalue weighted by Gasteiger charge is 1.93. The maximum atomic E-state index is 5.69. The number of nitrogens with zero attached hydrogens (tertiary/aromatic N) is 1. The van der Waals surface area contributed by atoms with Crippen molar-refractivity contribution in [2.24, 2.45) is 0 Å². The van der Waals surface area contributed by atoms with Gasteiger partial charge in [0.1, 0.15) is 0 Å². The van der Waals surface area contributed by atoms with Crippen molar-refractivity contribution in [2.45, 2.75) is 13.3 Å². The number of aromatic nitrogens is 1. The van der Waals surface area contributed by atoms with Crippen molar-refractivity contribution >= 4 is 29.0 Å². The molecule has 0 aliphatic rings. The van der Waals surface area contributed by atoms with Crippen LogP contribution in [0, 0.1) is 0 Å². The first-order valence-electron chi connectivity index (χ1n) is 3.50. The van der Waals surface area contributed by atoms with Crippen molar-refractivity contribution < 1.29 is 0 Å². The summed E-state index contributed by atoms with van der Waals surface area (Å²) in [6.07, 6.45) is 3.05. The van der Waals surface area contributed by atoms with Crippen LogP contribution in [0.25, 0.3) is 6.08 Å². The minimum Gasteiger partial charge on any atom is -0.245 e. The molecule has 60 valence electrons. The Morgan fingerprint density at radius 2 is 2.64 bits per heavy atom. The fourth-order valence-corrected chi connectivity index (χ4v) is 1.52. The van der Waals surface area contributed by atoms with Crippen LogP contribution in [0.3, 0.4) is 0 Å². The number of rotatable bonds is 3. The molecule has 0 unspecified atom stereocenters. The highest BCUT2D eigenvalue weighted by Crippen LogP contribution is 2.10. The van der Waals surface area contributed by atoms with Gasteiger partial charge in [0.25, 0.3) is 0 Å². The number of hydrogen-bond acceptors (Lipinski definition) is 2. The lowest BCUT2D eigenvalue weighted by Gasteiger charge is -1.94. The van der Waals surface area contributed by atoms with Crippen LogP contribution in [0.4, 0.5) is 0 Å². The molecule has 1 rings (SSSR count). The van der Waals surface area contributed by atoms with Gasteiger partial charge in [0.2, 0.25) is 0 Å². The summed E-state index contributed by atoms with van der Waals surface area (Å²) in [6, 6.07) is 0. The molecule has 1 aromatic heterocycles. The van der Waals surface area contributed by atoms with Crippen LogP contribution in [0.1, 0.15) is 19.0 Å². The molecule has 0 N–H and O–H groups in total. The molecule has 0 aromatic carbocycles. The minimum atomic E-state index is 0.605. The molecule has 0 aliphatic carbocycles. The second-order valence-electron chi connectivity index (χ2n) is 2.20. The Bertz CT molecular complexity index is 222. The minimum absolute atomic E-state index is 0.605. The maximum absolute atomic E-state index is 5.69. The third kappa shape index (κ3) is 2.64. The molecule has 1 aromatic rings. The first kappa shape index (κ1) is 8.75. The number of hydrogen-bond donors (Lipinski definition) is 0. The summed E-state index contributed by atoms with van der Waals surface area (Å²) in [5, 5.41) is 2.02. The molecule has 0 spiro atoms. The molecule has 1 heterocycles. The largest absolute Gasteiger partial charge is 0.245 e. The molecule has 0 saturated carbocycles. The highest BCUT2D eigenvalue weighted by atomic mass is 35.5. The van der Waals surface area contributed by atoms with Gasteiger partial charge in [0.05, 0.1) is 11.2 Å². The molecule has 0 fully saturated rings. The van der Waals surface area contributed by atoms with Crippen LogP contribution in [0.5, 0.6) is 0 Å². The van der Waals surface area contributed by atoms with Gasteiger partial charge in [0, 0.05) is 11.3 Å². The zero-order valence-corrected chi connectivity index (χ0v) is 7.95. The van der Waals surface area contributed by atoms with Crippen LogP contribution >= 0.6 is 22.9 Å². The molecule has 0 atom stereocenters. The summed E-state index contributed by atoms with van der Waals surface area (Å²) in [7, 11) is 0. The molecular formula is C8H10ClNS. The van der Waals surface area contributed by atoms with Gasteiger partial charge >= 0.3 is 0 Å². The summed E-state index contributed by atoms with van der Waals surface area (Å²) >= 11 is 7.30. The molecule has 11 heavy (non-hydrogen) atoms. The highest BCUT2D eigenvalue weighted by molar-refractivity contribution is 7.07. The third-order valence-corrected chi connectivity index (χ3v) is 2.38. The van der Waals surface area contributed by atoms with E-state index >= 15 is 0 Å². The normalized spacial score (nSPS) is 12.0. The van der Waals surface area contributed by atoms with E-state index in [1.54, 1.807) is 11.3 Å². The van der Waals surface area contributed by atoms with Crippen LogP contribution in [-0.4, -0.2) is 10.9 Å². The Kier molecular flexibility index (Phi) is 3.60. The van der Waals surface area contributed by atoms with Crippen LogP contribution in [0.2, 0.25) is 0 Å². The number of allylic oxidation sites excluding steroid dienone is 1. The molecule has 3 heteroatoms. The van der Waals surface area contributed by atoms with Crippen LogP contribution < -0.4 is 0 Å². The van der Waals surface area contributed by atoms with Gasteiger partial charge in [-0.1, -0.05) is 12.5 Å². The standard InChI is InChI=1S/C8H10ClNS/c1-2-7(4-9)3-8-5-11-6-10-8/h3,5-6H,2,4H2,1H3. The monoisotopic (exact) mass is 187 g/mol. The Balaban J connectivity index is 2.71. The van der Waals surface area contributed by atoms with E-state index in [1.165, 1.54) is 5.57 Å². The van der Waals surface area contributed by atoms with Gasteiger partial charge in [-0.3, -0.25) is 0 Å². The van der Waals surface area contributed by atoms with E-state index in [0.29, 0.717) is 5.88 Å². The fourth-order valence-electron chi connectivity index (χ4n) is 0.737. The second kappa shape index (κ2) is 4.52. The van der Waals surface area contributed by atoms with E-state index in [-0.39, 0.29) is 0 Å². The molecule has 0 aliphatic heterocycles. The third-order valence-electron chi connectivity index (χ3n) is 1.43. The predicted molar refractivity (Wildman–Crippen MR) is 51.1 cm³/mol. The molecule has 0 amide bonds. The smallest absolute Gasteiger partial charge is 0.0798 e. The van der Waals surface area contributed by atoms with Gasteiger partial charge in [-0.05, 0) is 12.5 Å². The zero-order valence-electron chi connectivity index (χ0n) is 6.38. The molecule has 0 radical (unpaired) electrons. The lowest BCUT2D eigenvalue weighted by atomic mass is 10.2. The summed E-state index contributed by atoms with van der Waals surface area (Å²) < 4.78 is 0. The predicted octanol–water partition coefficient (Wildman–Crippen LogP) is 3.18. The average Bonchev–Trinajstić information content (AvgIpc) is 2.52. The van der Waals surface area contributed by atoms with E-state index in [2.05, 4.69) is 11.9 Å². The first-order valence-corrected chi connectivity index (χ1v) is 4.98. The zero-order chi connectivity index (χ0) is 8.10. The maximum Gasteiger partial charge on any atom is 0.0798 e. The van der Waals surface area contributed by atoms with Gasteiger partial charge in [-0.15, -0.1) is 22.9 Å². The summed E-state index contributed by atoms with van der Waals surface area (Å²) in [4.78, 5) is 4.14. The van der Waals surface area contributed by atoms with E-state index < -0.39 is 0 Å². The molecule has 0 bridgehead atoms. The van der Waals surface area contributed by atoms with Gasteiger partial charge in [0.15, 0.2) is 0 Å². The van der Waals surface area contributed by atoms with Crippen molar-refractivity contribution in [3.63, 3.8) is 0 Å². The van der Waals surface area contributed by atoms with Crippen molar-refractivity contribution in [2.75, 3.05) is 5.88 Å². The van der Waals surface area contributed by atoms with Crippen molar-refractivity contribution in [1.29, 1.82) is 0 Å².